The first kappa shape index (κ1) is 15.3. The van der Waals surface area contributed by atoms with Gasteiger partial charge in [-0.15, -0.1) is 0 Å². The van der Waals surface area contributed by atoms with E-state index in [2.05, 4.69) is 4.98 Å². The topological polar surface area (TPSA) is 15.8 Å². The van der Waals surface area contributed by atoms with Crippen LogP contribution in [0.3, 0.4) is 0 Å². The summed E-state index contributed by atoms with van der Waals surface area (Å²) in [6.07, 6.45) is -3.93. The SMILES string of the molecule is FC(F)(F)c1ccc2cc(Cc3c(Cl)cccc3Cl)[nH]c2c1. The molecule has 6 heteroatoms. The third-order valence-corrected chi connectivity index (χ3v) is 4.14. The van der Waals surface area contributed by atoms with Crippen molar-refractivity contribution in [1.82, 2.24) is 4.98 Å². The number of hydrogen-bond donors (Lipinski definition) is 1. The fourth-order valence-electron chi connectivity index (χ4n) is 2.35. The second kappa shape index (κ2) is 5.52. The summed E-state index contributed by atoms with van der Waals surface area (Å²) in [4.78, 5) is 2.99. The molecule has 1 nitrogen and oxygen atoms in total. The molecule has 0 bridgehead atoms. The van der Waals surface area contributed by atoms with E-state index in [0.717, 1.165) is 23.4 Å². The van der Waals surface area contributed by atoms with E-state index in [0.29, 0.717) is 27.4 Å². The molecule has 3 aromatic rings. The van der Waals surface area contributed by atoms with Gasteiger partial charge in [0.25, 0.3) is 0 Å². The normalized spacial score (nSPS) is 12.0. The van der Waals surface area contributed by atoms with Crippen LogP contribution in [0.4, 0.5) is 13.2 Å². The smallest absolute Gasteiger partial charge is 0.358 e. The van der Waals surface area contributed by atoms with Crippen LogP contribution in [0.25, 0.3) is 10.9 Å². The number of halogens is 5. The highest BCUT2D eigenvalue weighted by Gasteiger charge is 2.30. The van der Waals surface area contributed by atoms with Gasteiger partial charge in [0.05, 0.1) is 5.56 Å². The Morgan fingerprint density at radius 2 is 1.64 bits per heavy atom. The summed E-state index contributed by atoms with van der Waals surface area (Å²) in [6, 6.07) is 10.6. The summed E-state index contributed by atoms with van der Waals surface area (Å²) < 4.78 is 38.2. The number of H-pyrrole nitrogens is 1. The van der Waals surface area contributed by atoms with E-state index < -0.39 is 11.7 Å². The standard InChI is InChI=1S/C16H10Cl2F3N/c17-13-2-1-3-14(18)12(13)8-11-6-9-4-5-10(16(19,20)21)7-15(9)22-11/h1-7,22H,8H2. The van der Waals surface area contributed by atoms with Crippen molar-refractivity contribution in [2.24, 2.45) is 0 Å². The monoisotopic (exact) mass is 343 g/mol. The molecule has 0 radical (unpaired) electrons. The average Bonchev–Trinajstić information content (AvgIpc) is 2.83. The summed E-state index contributed by atoms with van der Waals surface area (Å²) in [5, 5.41) is 1.77. The lowest BCUT2D eigenvalue weighted by atomic mass is 10.1. The molecule has 3 rings (SSSR count). The quantitative estimate of drug-likeness (QED) is 0.579. The summed E-state index contributed by atoms with van der Waals surface area (Å²) in [7, 11) is 0. The minimum Gasteiger partial charge on any atom is -0.358 e. The second-order valence-electron chi connectivity index (χ2n) is 4.97. The Balaban J connectivity index is 1.99. The van der Waals surface area contributed by atoms with Crippen molar-refractivity contribution in [1.29, 1.82) is 0 Å². The highest BCUT2D eigenvalue weighted by molar-refractivity contribution is 6.36. The van der Waals surface area contributed by atoms with Gasteiger partial charge in [0, 0.05) is 27.7 Å². The summed E-state index contributed by atoms with van der Waals surface area (Å²) >= 11 is 12.2. The summed E-state index contributed by atoms with van der Waals surface area (Å²) in [6.45, 7) is 0. The van der Waals surface area contributed by atoms with Crippen molar-refractivity contribution in [3.63, 3.8) is 0 Å². The summed E-state index contributed by atoms with van der Waals surface area (Å²) in [5.41, 5.74) is 1.26. The predicted molar refractivity (Wildman–Crippen MR) is 82.6 cm³/mol. The van der Waals surface area contributed by atoms with Gasteiger partial charge in [0.15, 0.2) is 0 Å². The van der Waals surface area contributed by atoms with Gasteiger partial charge in [-0.1, -0.05) is 35.3 Å². The Morgan fingerprint density at radius 1 is 0.955 bits per heavy atom. The molecular weight excluding hydrogens is 334 g/mol. The molecule has 0 aliphatic carbocycles. The van der Waals surface area contributed by atoms with Gasteiger partial charge in [-0.2, -0.15) is 13.2 Å². The number of rotatable bonds is 2. The van der Waals surface area contributed by atoms with Crippen molar-refractivity contribution < 1.29 is 13.2 Å². The van der Waals surface area contributed by atoms with Crippen LogP contribution >= 0.6 is 23.2 Å². The van der Waals surface area contributed by atoms with Gasteiger partial charge in [-0.05, 0) is 41.3 Å². The third-order valence-electron chi connectivity index (χ3n) is 3.43. The highest BCUT2D eigenvalue weighted by atomic mass is 35.5. The van der Waals surface area contributed by atoms with Crippen LogP contribution in [-0.2, 0) is 12.6 Å². The van der Waals surface area contributed by atoms with E-state index >= 15 is 0 Å². The van der Waals surface area contributed by atoms with Crippen LogP contribution in [0.1, 0.15) is 16.8 Å². The number of hydrogen-bond acceptors (Lipinski definition) is 0. The maximum atomic E-state index is 12.7. The average molecular weight is 344 g/mol. The number of alkyl halides is 3. The van der Waals surface area contributed by atoms with Gasteiger partial charge in [-0.25, -0.2) is 0 Å². The minimum absolute atomic E-state index is 0.425. The zero-order chi connectivity index (χ0) is 15.9. The Hall–Kier alpha value is -1.65. The Morgan fingerprint density at radius 3 is 2.27 bits per heavy atom. The zero-order valence-corrected chi connectivity index (χ0v) is 12.7. The van der Waals surface area contributed by atoms with E-state index in [9.17, 15) is 13.2 Å². The van der Waals surface area contributed by atoms with Crippen molar-refractivity contribution in [2.75, 3.05) is 0 Å². The molecule has 0 unspecified atom stereocenters. The van der Waals surface area contributed by atoms with E-state index in [1.165, 1.54) is 6.07 Å². The molecule has 0 spiro atoms. The molecule has 0 atom stereocenters. The lowest BCUT2D eigenvalue weighted by Crippen LogP contribution is -2.03. The number of nitrogens with one attached hydrogen (secondary N) is 1. The molecule has 22 heavy (non-hydrogen) atoms. The number of aromatic nitrogens is 1. The molecular formula is C16H10Cl2F3N. The Labute approximate surface area is 134 Å². The van der Waals surface area contributed by atoms with Gasteiger partial charge in [0.1, 0.15) is 0 Å². The van der Waals surface area contributed by atoms with Crippen LogP contribution in [-0.4, -0.2) is 4.98 Å². The van der Waals surface area contributed by atoms with E-state index in [-0.39, 0.29) is 0 Å². The summed E-state index contributed by atoms with van der Waals surface area (Å²) in [5.74, 6) is 0. The molecule has 0 saturated heterocycles. The number of fused-ring (bicyclic) bond motifs is 1. The minimum atomic E-state index is -4.36. The first-order chi connectivity index (χ1) is 10.3. The molecule has 0 saturated carbocycles. The molecule has 2 aromatic carbocycles. The van der Waals surface area contributed by atoms with Crippen molar-refractivity contribution in [3.8, 4) is 0 Å². The third kappa shape index (κ3) is 2.94. The maximum absolute atomic E-state index is 12.7. The molecule has 1 aromatic heterocycles. The first-order valence-corrected chi connectivity index (χ1v) is 7.22. The van der Waals surface area contributed by atoms with Crippen LogP contribution in [0.2, 0.25) is 10.0 Å². The molecule has 1 N–H and O–H groups in total. The first-order valence-electron chi connectivity index (χ1n) is 6.46. The van der Waals surface area contributed by atoms with Crippen LogP contribution in [0.5, 0.6) is 0 Å². The Kier molecular flexibility index (Phi) is 3.83. The molecule has 1 heterocycles. The number of aromatic amines is 1. The lowest BCUT2D eigenvalue weighted by molar-refractivity contribution is -0.137. The van der Waals surface area contributed by atoms with Crippen LogP contribution in [0, 0.1) is 0 Å². The van der Waals surface area contributed by atoms with Crippen LogP contribution in [0.15, 0.2) is 42.5 Å². The predicted octanol–water partition coefficient (Wildman–Crippen LogP) is 6.08. The second-order valence-corrected chi connectivity index (χ2v) is 5.79. The van der Waals surface area contributed by atoms with Crippen molar-refractivity contribution in [3.05, 3.63) is 69.3 Å². The maximum Gasteiger partial charge on any atom is 0.416 e. The van der Waals surface area contributed by atoms with Gasteiger partial charge < -0.3 is 4.98 Å². The van der Waals surface area contributed by atoms with Gasteiger partial charge in [0.2, 0.25) is 0 Å². The van der Waals surface area contributed by atoms with E-state index in [1.807, 2.05) is 0 Å². The number of benzene rings is 2. The van der Waals surface area contributed by atoms with E-state index in [1.54, 1.807) is 24.3 Å². The largest absolute Gasteiger partial charge is 0.416 e. The molecule has 0 amide bonds. The molecule has 0 aliphatic heterocycles. The van der Waals surface area contributed by atoms with Gasteiger partial charge >= 0.3 is 6.18 Å². The highest BCUT2D eigenvalue weighted by Crippen LogP contribution is 2.32. The van der Waals surface area contributed by atoms with Crippen LogP contribution < -0.4 is 0 Å². The van der Waals surface area contributed by atoms with Crippen molar-refractivity contribution >= 4 is 34.1 Å². The fourth-order valence-corrected chi connectivity index (χ4v) is 2.88. The molecule has 114 valence electrons. The Bertz CT molecular complexity index is 817. The lowest BCUT2D eigenvalue weighted by Gasteiger charge is -2.05. The van der Waals surface area contributed by atoms with Crippen molar-refractivity contribution in [2.45, 2.75) is 12.6 Å². The van der Waals surface area contributed by atoms with Gasteiger partial charge in [-0.3, -0.25) is 0 Å². The molecule has 0 aliphatic rings. The zero-order valence-electron chi connectivity index (χ0n) is 11.1. The fraction of sp³-hybridized carbons (Fsp3) is 0.125. The van der Waals surface area contributed by atoms with E-state index in [4.69, 9.17) is 23.2 Å². The molecule has 0 fully saturated rings.